The van der Waals surface area contributed by atoms with Crippen LogP contribution in [0.2, 0.25) is 0 Å². The Labute approximate surface area is 75.2 Å². The molecule has 2 unspecified atom stereocenters. The Bertz CT molecular complexity index is 171. The molecule has 2 bridgehead atoms. The van der Waals surface area contributed by atoms with Gasteiger partial charge in [0, 0.05) is 0 Å². The lowest BCUT2D eigenvalue weighted by Gasteiger charge is -2.51. The van der Waals surface area contributed by atoms with Crippen molar-refractivity contribution in [1.29, 1.82) is 0 Å². The van der Waals surface area contributed by atoms with E-state index in [1.165, 1.54) is 25.7 Å². The summed E-state index contributed by atoms with van der Waals surface area (Å²) in [7, 11) is 0. The molecule has 2 aliphatic carbocycles. The summed E-state index contributed by atoms with van der Waals surface area (Å²) in [6.45, 7) is 4.71. The molecule has 2 atom stereocenters. The van der Waals surface area contributed by atoms with Crippen LogP contribution >= 0.6 is 0 Å². The van der Waals surface area contributed by atoms with E-state index in [0.29, 0.717) is 10.8 Å². The van der Waals surface area contributed by atoms with E-state index in [2.05, 4.69) is 13.8 Å². The smallest absolute Gasteiger partial charge is 0.0550 e. The number of aliphatic hydroxyl groups is 1. The van der Waals surface area contributed by atoms with Gasteiger partial charge >= 0.3 is 0 Å². The van der Waals surface area contributed by atoms with E-state index in [1.54, 1.807) is 0 Å². The van der Waals surface area contributed by atoms with E-state index in [4.69, 9.17) is 0 Å². The van der Waals surface area contributed by atoms with Crippen molar-refractivity contribution in [2.45, 2.75) is 58.5 Å². The molecular weight excluding hydrogens is 148 g/mol. The number of hydrogen-bond donors (Lipinski definition) is 1. The molecule has 0 aromatic rings. The van der Waals surface area contributed by atoms with Crippen LogP contribution in [-0.2, 0) is 0 Å². The first-order chi connectivity index (χ1) is 5.52. The molecule has 0 aromatic heterocycles. The van der Waals surface area contributed by atoms with Crippen LogP contribution in [0.25, 0.3) is 0 Å². The lowest BCUT2D eigenvalue weighted by Crippen LogP contribution is -2.42. The first-order valence-corrected chi connectivity index (χ1v) is 5.20. The van der Waals surface area contributed by atoms with Crippen LogP contribution in [0.5, 0.6) is 0 Å². The molecule has 2 rings (SSSR count). The number of rotatable bonds is 0. The van der Waals surface area contributed by atoms with Crippen LogP contribution in [0.3, 0.4) is 0 Å². The Balaban J connectivity index is 2.19. The number of aliphatic hydroxyl groups excluding tert-OH is 1. The van der Waals surface area contributed by atoms with Crippen molar-refractivity contribution in [3.8, 4) is 0 Å². The Morgan fingerprint density at radius 1 is 1.08 bits per heavy atom. The SMILES string of the molecule is CC12CCCC(C)(CC(O)C1)C2. The monoisotopic (exact) mass is 168 g/mol. The minimum absolute atomic E-state index is 0.0194. The highest BCUT2D eigenvalue weighted by molar-refractivity contribution is 4.96. The van der Waals surface area contributed by atoms with Gasteiger partial charge in [0.05, 0.1) is 6.10 Å². The van der Waals surface area contributed by atoms with Gasteiger partial charge in [0.25, 0.3) is 0 Å². The van der Waals surface area contributed by atoms with Gasteiger partial charge in [0.2, 0.25) is 0 Å². The second-order valence-corrected chi connectivity index (χ2v) is 5.71. The van der Waals surface area contributed by atoms with Crippen LogP contribution in [0.4, 0.5) is 0 Å². The predicted octanol–water partition coefficient (Wildman–Crippen LogP) is 2.73. The Kier molecular flexibility index (Phi) is 1.76. The third kappa shape index (κ3) is 1.39. The second-order valence-electron chi connectivity index (χ2n) is 5.71. The number of hydrogen-bond acceptors (Lipinski definition) is 1. The topological polar surface area (TPSA) is 20.2 Å². The van der Waals surface area contributed by atoms with Crippen LogP contribution in [0, 0.1) is 10.8 Å². The summed E-state index contributed by atoms with van der Waals surface area (Å²) >= 11 is 0. The summed E-state index contributed by atoms with van der Waals surface area (Å²) in [5.41, 5.74) is 0.926. The molecule has 0 saturated heterocycles. The van der Waals surface area contributed by atoms with Gasteiger partial charge in [-0.2, -0.15) is 0 Å². The van der Waals surface area contributed by atoms with Crippen molar-refractivity contribution in [3.05, 3.63) is 0 Å². The summed E-state index contributed by atoms with van der Waals surface area (Å²) in [5, 5.41) is 9.75. The molecule has 12 heavy (non-hydrogen) atoms. The summed E-state index contributed by atoms with van der Waals surface area (Å²) < 4.78 is 0. The van der Waals surface area contributed by atoms with Gasteiger partial charge in [-0.3, -0.25) is 0 Å². The maximum atomic E-state index is 9.75. The standard InChI is InChI=1S/C11H20O/c1-10-4-3-5-11(2,8-10)7-9(12)6-10/h9,12H,3-8H2,1-2H3. The molecule has 0 amide bonds. The molecule has 2 aliphatic rings. The molecule has 2 saturated carbocycles. The third-order valence-electron chi connectivity index (χ3n) is 3.87. The average Bonchev–Trinajstić information content (AvgIpc) is 1.79. The fraction of sp³-hybridized carbons (Fsp3) is 1.00. The van der Waals surface area contributed by atoms with Gasteiger partial charge in [-0.1, -0.05) is 20.3 Å². The minimum Gasteiger partial charge on any atom is -0.393 e. The molecular formula is C11H20O. The van der Waals surface area contributed by atoms with E-state index in [0.717, 1.165) is 12.8 Å². The lowest BCUT2D eigenvalue weighted by atomic mass is 9.55. The molecule has 2 fully saturated rings. The van der Waals surface area contributed by atoms with E-state index in [9.17, 15) is 5.11 Å². The fourth-order valence-electron chi connectivity index (χ4n) is 3.71. The minimum atomic E-state index is -0.0194. The van der Waals surface area contributed by atoms with Crippen molar-refractivity contribution in [2.24, 2.45) is 10.8 Å². The third-order valence-corrected chi connectivity index (χ3v) is 3.87. The quantitative estimate of drug-likeness (QED) is 0.589. The summed E-state index contributed by atoms with van der Waals surface area (Å²) in [4.78, 5) is 0. The van der Waals surface area contributed by atoms with E-state index < -0.39 is 0 Å². The van der Waals surface area contributed by atoms with Crippen molar-refractivity contribution >= 4 is 0 Å². The van der Waals surface area contributed by atoms with Gasteiger partial charge < -0.3 is 5.11 Å². The Morgan fingerprint density at radius 3 is 2.08 bits per heavy atom. The normalized spacial score (nSPS) is 53.8. The Morgan fingerprint density at radius 2 is 1.58 bits per heavy atom. The van der Waals surface area contributed by atoms with Crippen LogP contribution < -0.4 is 0 Å². The summed E-state index contributed by atoms with van der Waals surface area (Å²) in [6, 6.07) is 0. The van der Waals surface area contributed by atoms with Gasteiger partial charge in [-0.15, -0.1) is 0 Å². The van der Waals surface area contributed by atoms with Gasteiger partial charge in [0.1, 0.15) is 0 Å². The molecule has 1 nitrogen and oxygen atoms in total. The van der Waals surface area contributed by atoms with Gasteiger partial charge in [-0.25, -0.2) is 0 Å². The van der Waals surface area contributed by atoms with E-state index in [-0.39, 0.29) is 6.10 Å². The van der Waals surface area contributed by atoms with Crippen LogP contribution in [-0.4, -0.2) is 11.2 Å². The highest BCUT2D eigenvalue weighted by Gasteiger charge is 2.45. The average molecular weight is 168 g/mol. The maximum Gasteiger partial charge on any atom is 0.0550 e. The van der Waals surface area contributed by atoms with Crippen molar-refractivity contribution in [3.63, 3.8) is 0 Å². The zero-order valence-corrected chi connectivity index (χ0v) is 8.27. The molecule has 0 aliphatic heterocycles. The fourth-order valence-corrected chi connectivity index (χ4v) is 3.71. The van der Waals surface area contributed by atoms with Crippen molar-refractivity contribution < 1.29 is 5.11 Å². The lowest BCUT2D eigenvalue weighted by molar-refractivity contribution is -0.0507. The second kappa shape index (κ2) is 2.47. The molecule has 1 N–H and O–H groups in total. The van der Waals surface area contributed by atoms with Crippen LogP contribution in [0.15, 0.2) is 0 Å². The molecule has 0 radical (unpaired) electrons. The van der Waals surface area contributed by atoms with Gasteiger partial charge in [0.15, 0.2) is 0 Å². The first-order valence-electron chi connectivity index (χ1n) is 5.20. The molecule has 1 heteroatoms. The summed E-state index contributed by atoms with van der Waals surface area (Å²) in [5.74, 6) is 0. The van der Waals surface area contributed by atoms with Crippen LogP contribution in [0.1, 0.15) is 52.4 Å². The molecule has 70 valence electrons. The largest absolute Gasteiger partial charge is 0.393 e. The maximum absolute atomic E-state index is 9.75. The van der Waals surface area contributed by atoms with E-state index >= 15 is 0 Å². The van der Waals surface area contributed by atoms with Crippen molar-refractivity contribution in [2.75, 3.05) is 0 Å². The highest BCUT2D eigenvalue weighted by Crippen LogP contribution is 2.54. The Hall–Kier alpha value is -0.0400. The molecule has 0 heterocycles. The number of fused-ring (bicyclic) bond motifs is 2. The zero-order chi connectivity index (χ0) is 8.82. The highest BCUT2D eigenvalue weighted by atomic mass is 16.3. The van der Waals surface area contributed by atoms with E-state index in [1.807, 2.05) is 0 Å². The van der Waals surface area contributed by atoms with Gasteiger partial charge in [-0.05, 0) is 42.9 Å². The summed E-state index contributed by atoms with van der Waals surface area (Å²) in [6.07, 6.45) is 7.45. The first kappa shape index (κ1) is 8.55. The predicted molar refractivity (Wildman–Crippen MR) is 49.9 cm³/mol. The van der Waals surface area contributed by atoms with Crippen molar-refractivity contribution in [1.82, 2.24) is 0 Å². The molecule has 0 spiro atoms. The zero-order valence-electron chi connectivity index (χ0n) is 8.27. The molecule has 0 aromatic carbocycles.